The minimum Gasteiger partial charge on any atom is -0.372 e. The summed E-state index contributed by atoms with van der Waals surface area (Å²) in [5, 5.41) is 0.769. The van der Waals surface area contributed by atoms with Crippen LogP contribution in [0.25, 0.3) is 15.9 Å². The summed E-state index contributed by atoms with van der Waals surface area (Å²) in [6, 6.07) is 7.82. The van der Waals surface area contributed by atoms with Crippen LogP contribution in [0.4, 0.5) is 0 Å². The van der Waals surface area contributed by atoms with Gasteiger partial charge in [0.1, 0.15) is 4.83 Å². The Hall–Kier alpha value is -1.76. The number of aromatic nitrogens is 2. The fourth-order valence-corrected chi connectivity index (χ4v) is 4.91. The molecule has 4 nitrogen and oxygen atoms in total. The number of hydrogen-bond acceptors (Lipinski definition) is 4. The zero-order chi connectivity index (χ0) is 17.7. The third kappa shape index (κ3) is 2.69. The number of benzene rings is 1. The maximum absolute atomic E-state index is 13.4. The highest BCUT2D eigenvalue weighted by Gasteiger charge is 2.27. The molecule has 0 amide bonds. The van der Waals surface area contributed by atoms with Gasteiger partial charge in [0.15, 0.2) is 4.77 Å². The molecule has 1 atom stereocenters. The molecule has 0 fully saturated rings. The van der Waals surface area contributed by atoms with Gasteiger partial charge < -0.3 is 9.72 Å². The Bertz CT molecular complexity index is 1080. The maximum Gasteiger partial charge on any atom is 0.267 e. The first-order valence-electron chi connectivity index (χ1n) is 8.44. The number of fused-ring (bicyclic) bond motifs is 3. The van der Waals surface area contributed by atoms with Gasteiger partial charge in [-0.3, -0.25) is 9.36 Å². The third-order valence-corrected chi connectivity index (χ3v) is 6.27. The van der Waals surface area contributed by atoms with E-state index in [1.54, 1.807) is 15.9 Å². The number of para-hydroxylation sites is 1. The van der Waals surface area contributed by atoms with E-state index in [1.807, 2.05) is 31.2 Å². The Morgan fingerprint density at radius 2 is 2.12 bits per heavy atom. The molecule has 4 rings (SSSR count). The van der Waals surface area contributed by atoms with E-state index in [1.165, 1.54) is 0 Å². The topological polar surface area (TPSA) is 47.0 Å². The number of nitrogens with one attached hydrogen (secondary N) is 1. The molecule has 25 heavy (non-hydrogen) atoms. The number of ether oxygens (including phenoxy) is 1. The van der Waals surface area contributed by atoms with Crippen LogP contribution in [0.3, 0.4) is 0 Å². The third-order valence-electron chi connectivity index (χ3n) is 4.86. The Balaban J connectivity index is 2.00. The highest BCUT2D eigenvalue weighted by atomic mass is 32.1. The SMILES string of the molecule is Cc1ccccc1-n1c(=S)[nH]c2sc3c(c2c1=O)CC(C(C)C)OC3. The normalized spacial score (nSPS) is 17.2. The van der Waals surface area contributed by atoms with E-state index in [9.17, 15) is 4.79 Å². The van der Waals surface area contributed by atoms with E-state index in [-0.39, 0.29) is 11.7 Å². The van der Waals surface area contributed by atoms with Gasteiger partial charge in [-0.25, -0.2) is 0 Å². The van der Waals surface area contributed by atoms with E-state index in [2.05, 4.69) is 18.8 Å². The number of nitrogens with zero attached hydrogens (tertiary/aromatic N) is 1. The van der Waals surface area contributed by atoms with Gasteiger partial charge >= 0.3 is 0 Å². The molecule has 1 N–H and O–H groups in total. The summed E-state index contributed by atoms with van der Waals surface area (Å²) >= 11 is 7.09. The van der Waals surface area contributed by atoms with Gasteiger partial charge in [0.2, 0.25) is 0 Å². The van der Waals surface area contributed by atoms with Crippen molar-refractivity contribution < 1.29 is 4.74 Å². The molecule has 130 valence electrons. The average molecular weight is 373 g/mol. The van der Waals surface area contributed by atoms with Crippen LogP contribution in [-0.4, -0.2) is 15.7 Å². The van der Waals surface area contributed by atoms with E-state index < -0.39 is 0 Å². The molecule has 1 unspecified atom stereocenters. The van der Waals surface area contributed by atoms with Gasteiger partial charge in [-0.05, 0) is 42.3 Å². The van der Waals surface area contributed by atoms with Crippen LogP contribution < -0.4 is 5.56 Å². The Morgan fingerprint density at radius 1 is 1.36 bits per heavy atom. The maximum atomic E-state index is 13.4. The van der Waals surface area contributed by atoms with Crippen LogP contribution in [0.5, 0.6) is 0 Å². The number of hydrogen-bond donors (Lipinski definition) is 1. The summed E-state index contributed by atoms with van der Waals surface area (Å²) in [6.07, 6.45) is 0.931. The first-order chi connectivity index (χ1) is 12.0. The lowest BCUT2D eigenvalue weighted by Gasteiger charge is -2.26. The zero-order valence-electron chi connectivity index (χ0n) is 14.5. The molecule has 1 aliphatic heterocycles. The van der Waals surface area contributed by atoms with Crippen molar-refractivity contribution in [2.24, 2.45) is 5.92 Å². The number of rotatable bonds is 2. The van der Waals surface area contributed by atoms with Crippen molar-refractivity contribution in [2.45, 2.75) is 39.9 Å². The summed E-state index contributed by atoms with van der Waals surface area (Å²) in [4.78, 5) is 18.6. The second-order valence-electron chi connectivity index (χ2n) is 6.86. The van der Waals surface area contributed by atoms with Gasteiger partial charge in [-0.1, -0.05) is 32.0 Å². The molecule has 0 bridgehead atoms. The molecule has 1 aliphatic rings. The fourth-order valence-electron chi connectivity index (χ4n) is 3.42. The zero-order valence-corrected chi connectivity index (χ0v) is 16.1. The van der Waals surface area contributed by atoms with Crippen molar-refractivity contribution in [3.8, 4) is 5.69 Å². The summed E-state index contributed by atoms with van der Waals surface area (Å²) in [6.45, 7) is 6.88. The first-order valence-corrected chi connectivity index (χ1v) is 9.67. The van der Waals surface area contributed by atoms with Crippen molar-refractivity contribution >= 4 is 33.8 Å². The van der Waals surface area contributed by atoms with Crippen molar-refractivity contribution in [1.29, 1.82) is 0 Å². The minimum absolute atomic E-state index is 0.0324. The first kappa shape index (κ1) is 16.7. The van der Waals surface area contributed by atoms with Gasteiger partial charge in [-0.2, -0.15) is 0 Å². The molecule has 0 saturated heterocycles. The lowest BCUT2D eigenvalue weighted by atomic mass is 9.96. The largest absolute Gasteiger partial charge is 0.372 e. The summed E-state index contributed by atoms with van der Waals surface area (Å²) in [5.41, 5.74) is 2.96. The Kier molecular flexibility index (Phi) is 4.14. The molecular weight excluding hydrogens is 352 g/mol. The van der Waals surface area contributed by atoms with E-state index in [0.717, 1.165) is 38.3 Å². The van der Waals surface area contributed by atoms with Crippen LogP contribution >= 0.6 is 23.6 Å². The minimum atomic E-state index is -0.0324. The summed E-state index contributed by atoms with van der Waals surface area (Å²) in [7, 11) is 0. The molecule has 3 heterocycles. The summed E-state index contributed by atoms with van der Waals surface area (Å²) < 4.78 is 8.02. The quantitative estimate of drug-likeness (QED) is 0.673. The van der Waals surface area contributed by atoms with Crippen molar-refractivity contribution in [1.82, 2.24) is 9.55 Å². The van der Waals surface area contributed by atoms with Crippen molar-refractivity contribution in [2.75, 3.05) is 0 Å². The number of aryl methyl sites for hydroxylation is 1. The molecule has 3 aromatic rings. The Morgan fingerprint density at radius 3 is 2.84 bits per heavy atom. The van der Waals surface area contributed by atoms with Gasteiger partial charge in [-0.15, -0.1) is 11.3 Å². The summed E-state index contributed by atoms with van der Waals surface area (Å²) in [5.74, 6) is 0.420. The van der Waals surface area contributed by atoms with E-state index >= 15 is 0 Å². The highest BCUT2D eigenvalue weighted by Crippen LogP contribution is 2.35. The lowest BCUT2D eigenvalue weighted by molar-refractivity contribution is 0.00200. The van der Waals surface area contributed by atoms with Crippen molar-refractivity contribution in [3.63, 3.8) is 0 Å². The van der Waals surface area contributed by atoms with Crippen LogP contribution in [-0.2, 0) is 17.8 Å². The monoisotopic (exact) mass is 372 g/mol. The van der Waals surface area contributed by atoms with Crippen LogP contribution in [0.15, 0.2) is 29.1 Å². The second-order valence-corrected chi connectivity index (χ2v) is 8.35. The van der Waals surface area contributed by atoms with E-state index in [4.69, 9.17) is 17.0 Å². The second kappa shape index (κ2) is 6.20. The highest BCUT2D eigenvalue weighted by molar-refractivity contribution is 7.71. The van der Waals surface area contributed by atoms with E-state index in [0.29, 0.717) is 17.3 Å². The number of aromatic amines is 1. The van der Waals surface area contributed by atoms with Crippen LogP contribution in [0, 0.1) is 17.6 Å². The van der Waals surface area contributed by atoms with Crippen LogP contribution in [0.1, 0.15) is 29.9 Å². The molecule has 0 saturated carbocycles. The van der Waals surface area contributed by atoms with Crippen molar-refractivity contribution in [3.05, 3.63) is 55.4 Å². The van der Waals surface area contributed by atoms with Gasteiger partial charge in [0, 0.05) is 11.3 Å². The standard InChI is InChI=1S/C19H20N2O2S2/c1-10(2)14-8-12-15(9-23-14)25-17-16(12)18(22)21(19(24)20-17)13-7-5-4-6-11(13)3/h4-7,10,14H,8-9H2,1-3H3,(H,20,24). The molecule has 0 radical (unpaired) electrons. The Labute approximate surface area is 155 Å². The predicted octanol–water partition coefficient (Wildman–Crippen LogP) is 4.52. The number of H-pyrrole nitrogens is 1. The van der Waals surface area contributed by atoms with Gasteiger partial charge in [0.25, 0.3) is 5.56 Å². The van der Waals surface area contributed by atoms with Gasteiger partial charge in [0.05, 0.1) is 23.8 Å². The smallest absolute Gasteiger partial charge is 0.267 e. The molecule has 0 spiro atoms. The molecule has 6 heteroatoms. The number of thiophene rings is 1. The molecule has 0 aliphatic carbocycles. The lowest BCUT2D eigenvalue weighted by Crippen LogP contribution is -2.28. The molecular formula is C19H20N2O2S2. The fraction of sp³-hybridized carbons (Fsp3) is 0.368. The predicted molar refractivity (Wildman–Crippen MR) is 104 cm³/mol. The average Bonchev–Trinajstić information content (AvgIpc) is 2.93. The molecule has 2 aromatic heterocycles. The molecule has 1 aromatic carbocycles. The van der Waals surface area contributed by atoms with Crippen LogP contribution in [0.2, 0.25) is 0 Å².